The number of aryl methyl sites for hydroxylation is 1. The van der Waals surface area contributed by atoms with Crippen molar-refractivity contribution in [3.63, 3.8) is 0 Å². The molecule has 0 spiro atoms. The molecule has 454 valence electrons. The van der Waals surface area contributed by atoms with Gasteiger partial charge in [0.05, 0.1) is 70.6 Å². The number of rotatable bonds is 38. The molecule has 0 radical (unpaired) electrons. The Hall–Kier alpha value is -6.98. The zero-order valence-electron chi connectivity index (χ0n) is 49.0. The summed E-state index contributed by atoms with van der Waals surface area (Å²) in [5, 5.41) is 19.9. The molecule has 1 unspecified atom stereocenters. The number of likely N-dealkylation sites (N-methyl/N-ethyl adjacent to an activating group) is 2. The number of ether oxygens (including phenoxy) is 5. The number of aromatic nitrogens is 4. The second kappa shape index (κ2) is 37.4. The maximum Gasteiger partial charge on any atom is 0.247 e. The first kappa shape index (κ1) is 66.2. The van der Waals surface area contributed by atoms with E-state index in [2.05, 4.69) is 68.3 Å². The molecule has 2 fully saturated rings. The number of amides is 4. The highest BCUT2D eigenvalue weighted by Crippen LogP contribution is 2.36. The van der Waals surface area contributed by atoms with Crippen LogP contribution in [0, 0.1) is 0 Å². The van der Waals surface area contributed by atoms with E-state index in [1.807, 2.05) is 78.8 Å². The van der Waals surface area contributed by atoms with Gasteiger partial charge in [0.1, 0.15) is 24.1 Å². The summed E-state index contributed by atoms with van der Waals surface area (Å²) in [5.41, 5.74) is 5.22. The van der Waals surface area contributed by atoms with Crippen molar-refractivity contribution in [2.24, 2.45) is 0 Å². The fourth-order valence-corrected chi connectivity index (χ4v) is 9.65. The van der Waals surface area contributed by atoms with Gasteiger partial charge in [0.25, 0.3) is 0 Å². The number of benzene rings is 3. The van der Waals surface area contributed by atoms with Crippen LogP contribution in [0.25, 0.3) is 0 Å². The number of thiazole rings is 1. The van der Waals surface area contributed by atoms with Gasteiger partial charge in [-0.25, -0.2) is 9.67 Å². The molecule has 1 aliphatic carbocycles. The minimum absolute atomic E-state index is 0.0170. The Balaban J connectivity index is 0.000000531. The molecule has 7 rings (SSSR count). The van der Waals surface area contributed by atoms with Gasteiger partial charge in [-0.05, 0) is 118 Å². The number of allylic oxidation sites excluding steroid dienone is 2. The average Bonchev–Trinajstić information content (AvgIpc) is 4.12. The lowest BCUT2D eigenvalue weighted by atomic mass is 10.0. The summed E-state index contributed by atoms with van der Waals surface area (Å²) in [6, 6.07) is 22.1. The fourth-order valence-electron chi connectivity index (χ4n) is 8.85. The molecule has 1 atom stereocenters. The Morgan fingerprint density at radius 2 is 1.51 bits per heavy atom. The highest BCUT2D eigenvalue weighted by atomic mass is 35.5. The van der Waals surface area contributed by atoms with Crippen molar-refractivity contribution in [2.75, 3.05) is 130 Å². The number of hydrogen-bond donors (Lipinski definition) is 3. The third-order valence-electron chi connectivity index (χ3n) is 13.9. The van der Waals surface area contributed by atoms with Gasteiger partial charge < -0.3 is 59.2 Å². The Morgan fingerprint density at radius 1 is 0.821 bits per heavy atom. The van der Waals surface area contributed by atoms with Gasteiger partial charge in [-0.15, -0.1) is 16.4 Å². The number of anilines is 2. The van der Waals surface area contributed by atoms with Crippen molar-refractivity contribution in [3.8, 4) is 11.5 Å². The topological polar surface area (TPSA) is 207 Å². The number of nitrogens with one attached hydrogen (secondary N) is 3. The molecule has 2 aliphatic rings. The number of hydrogen-bond acceptors (Lipinski definition) is 16. The molecule has 1 saturated heterocycles. The molecule has 3 aromatic carbocycles. The molecule has 1 aliphatic heterocycles. The third kappa shape index (κ3) is 24.3. The summed E-state index contributed by atoms with van der Waals surface area (Å²) >= 11 is 7.52. The zero-order chi connectivity index (χ0) is 59.7. The van der Waals surface area contributed by atoms with Crippen LogP contribution in [0.4, 0.5) is 10.8 Å². The number of halogens is 1. The lowest BCUT2D eigenvalue weighted by Gasteiger charge is -2.32. The second-order valence-electron chi connectivity index (χ2n) is 20.3. The minimum Gasteiger partial charge on any atom is -0.494 e. The lowest BCUT2D eigenvalue weighted by Crippen LogP contribution is -2.47. The van der Waals surface area contributed by atoms with Gasteiger partial charge in [-0.3, -0.25) is 19.2 Å². The van der Waals surface area contributed by atoms with Crippen LogP contribution < -0.4 is 25.4 Å². The molecule has 5 aromatic rings. The van der Waals surface area contributed by atoms with E-state index in [9.17, 15) is 19.2 Å². The molecule has 20 nitrogen and oxygen atoms in total. The molecule has 2 aromatic heterocycles. The first-order valence-corrected chi connectivity index (χ1v) is 30.0. The van der Waals surface area contributed by atoms with E-state index in [0.29, 0.717) is 101 Å². The SMILES string of the molecule is C=C/C=C(\C=C)CNC(=O)C(c1ccc(Cl)cc1)N(C(=O)CCc1ccc(OCCCCN(C)CCOCCOCCc2cn(CCOCCOc3ccc(NC)cc3)nn2)cc1)C1CC1.CN1CCN(C(=O)Cc2csc(NC=O)n2)CC1. The highest BCUT2D eigenvalue weighted by molar-refractivity contribution is 7.13. The van der Waals surface area contributed by atoms with Crippen LogP contribution in [0.3, 0.4) is 0 Å². The van der Waals surface area contributed by atoms with Crippen molar-refractivity contribution >= 4 is 57.9 Å². The molecule has 3 heterocycles. The lowest BCUT2D eigenvalue weighted by molar-refractivity contribution is -0.141. The summed E-state index contributed by atoms with van der Waals surface area (Å²) in [5.74, 6) is 1.42. The van der Waals surface area contributed by atoms with Crippen LogP contribution in [-0.2, 0) is 59.2 Å². The van der Waals surface area contributed by atoms with Crippen molar-refractivity contribution in [1.29, 1.82) is 0 Å². The van der Waals surface area contributed by atoms with Gasteiger partial charge in [0.15, 0.2) is 5.13 Å². The number of carbonyl (C=O) groups excluding carboxylic acids is 4. The van der Waals surface area contributed by atoms with E-state index in [1.165, 1.54) is 11.3 Å². The minimum atomic E-state index is -0.770. The summed E-state index contributed by atoms with van der Waals surface area (Å²) in [6.45, 7) is 18.0. The summed E-state index contributed by atoms with van der Waals surface area (Å²) in [4.78, 5) is 62.1. The zero-order valence-corrected chi connectivity index (χ0v) is 50.5. The second-order valence-corrected chi connectivity index (χ2v) is 21.6. The molecule has 22 heteroatoms. The van der Waals surface area contributed by atoms with Crippen LogP contribution in [-0.4, -0.2) is 190 Å². The van der Waals surface area contributed by atoms with E-state index in [4.69, 9.17) is 35.3 Å². The molecule has 4 amide bonds. The van der Waals surface area contributed by atoms with Crippen LogP contribution in [0.2, 0.25) is 5.02 Å². The van der Waals surface area contributed by atoms with Crippen LogP contribution in [0.1, 0.15) is 60.7 Å². The molecule has 3 N–H and O–H groups in total. The van der Waals surface area contributed by atoms with E-state index < -0.39 is 6.04 Å². The predicted molar refractivity (Wildman–Crippen MR) is 330 cm³/mol. The smallest absolute Gasteiger partial charge is 0.247 e. The Kier molecular flexibility index (Phi) is 29.4. The molecular weight excluding hydrogens is 1110 g/mol. The van der Waals surface area contributed by atoms with Gasteiger partial charge >= 0.3 is 0 Å². The third-order valence-corrected chi connectivity index (χ3v) is 14.9. The maximum atomic E-state index is 13.9. The number of nitrogens with zero attached hydrogens (tertiary/aromatic N) is 8. The van der Waals surface area contributed by atoms with Gasteiger partial charge in [0.2, 0.25) is 24.1 Å². The summed E-state index contributed by atoms with van der Waals surface area (Å²) in [6.07, 6.45) is 13.1. The van der Waals surface area contributed by atoms with Gasteiger partial charge in [0, 0.05) is 87.5 Å². The summed E-state index contributed by atoms with van der Waals surface area (Å²) in [7, 11) is 6.04. The van der Waals surface area contributed by atoms with Crippen molar-refractivity contribution in [3.05, 3.63) is 149 Å². The van der Waals surface area contributed by atoms with Crippen LogP contribution in [0.15, 0.2) is 121 Å². The fraction of sp³-hybridized carbons (Fsp3) is 0.468. The van der Waals surface area contributed by atoms with E-state index in [1.54, 1.807) is 45.3 Å². The molecule has 84 heavy (non-hydrogen) atoms. The van der Waals surface area contributed by atoms with E-state index >= 15 is 0 Å². The highest BCUT2D eigenvalue weighted by Gasteiger charge is 2.41. The van der Waals surface area contributed by atoms with Gasteiger partial charge in [-0.2, -0.15) is 0 Å². The van der Waals surface area contributed by atoms with Crippen LogP contribution >= 0.6 is 22.9 Å². The quantitative estimate of drug-likeness (QED) is 0.0198. The van der Waals surface area contributed by atoms with Crippen LogP contribution in [0.5, 0.6) is 11.5 Å². The predicted octanol–water partition coefficient (Wildman–Crippen LogP) is 7.54. The molecule has 1 saturated carbocycles. The van der Waals surface area contributed by atoms with Crippen molar-refractivity contribution in [2.45, 2.75) is 70.0 Å². The normalized spacial score (nSPS) is 13.8. The number of carbonyl (C=O) groups is 4. The first-order valence-electron chi connectivity index (χ1n) is 28.8. The van der Waals surface area contributed by atoms with Gasteiger partial charge in [-0.1, -0.05) is 72.5 Å². The van der Waals surface area contributed by atoms with E-state index in [-0.39, 0.29) is 36.7 Å². The Bertz CT molecular complexity index is 2790. The Labute approximate surface area is 504 Å². The number of piperazine rings is 1. The molecular formula is C62H84ClN11O9S. The monoisotopic (exact) mass is 1190 g/mol. The largest absolute Gasteiger partial charge is 0.494 e. The molecule has 0 bridgehead atoms. The summed E-state index contributed by atoms with van der Waals surface area (Å²) < 4.78 is 30.7. The first-order chi connectivity index (χ1) is 40.9. The Morgan fingerprint density at radius 3 is 2.20 bits per heavy atom. The van der Waals surface area contributed by atoms with Crippen molar-refractivity contribution in [1.82, 2.24) is 44.9 Å². The standard InChI is InChI=1S/C51H68ClN7O7.C11H16N4O2S/c1-5-9-40(6-2)38-54-51(61)50(42-13-15-43(52)16-14-42)59(46-19-20-46)49(60)25-12-41-10-21-47(22-11-41)65-30-8-7-27-57(4)28-32-63-35-34-62-31-26-45-39-58(56-55-45)29-33-64-36-37-66-48-23-17-44(53-3)18-24-48;1-14-2-4-15(5-3-14)10(17)6-9-7-18-11(13-9)12-8-16/h5-6,9-11,13-18,21-24,39,46,50,53H,1-2,7-8,12,19-20,25-38H2,3-4H3,(H,54,61);7-8H,2-6H2,1H3,(H,12,13,16)/b40-9+;. The number of unbranched alkanes of at least 4 members (excludes halogenated alkanes) is 1. The van der Waals surface area contributed by atoms with E-state index in [0.717, 1.165) is 105 Å². The van der Waals surface area contributed by atoms with Crippen molar-refractivity contribution < 1.29 is 42.9 Å². The maximum absolute atomic E-state index is 13.9. The average molecular weight is 1190 g/mol.